The smallest absolute Gasteiger partial charge is 0.414 e. The standard InChI is InChI=1S/C26H40N3O4Si/c1-25(2,3)33-24(30)29(16-14-21(15-17-29)18-20-12-10-9-11-13-20)23-28-27-22(32-23)19-31-34(7,8)26(4,5)6/h9-13,18H,14-17,19H2,1-8H3/q+1. The number of carbonyl (C=O) groups is 1. The third kappa shape index (κ3) is 6.23. The lowest BCUT2D eigenvalue weighted by Gasteiger charge is -2.36. The predicted molar refractivity (Wildman–Crippen MR) is 138 cm³/mol. The van der Waals surface area contributed by atoms with Crippen LogP contribution >= 0.6 is 0 Å². The molecule has 3 rings (SSSR count). The van der Waals surface area contributed by atoms with Crippen LogP contribution in [0.15, 0.2) is 40.3 Å². The Morgan fingerprint density at radius 2 is 1.68 bits per heavy atom. The fourth-order valence-electron chi connectivity index (χ4n) is 3.57. The van der Waals surface area contributed by atoms with E-state index in [0.29, 0.717) is 19.0 Å². The van der Waals surface area contributed by atoms with Crippen LogP contribution in [0.2, 0.25) is 18.1 Å². The maximum atomic E-state index is 13.4. The number of hydrogen-bond acceptors (Lipinski definition) is 6. The van der Waals surface area contributed by atoms with Crippen LogP contribution in [0.25, 0.3) is 6.08 Å². The van der Waals surface area contributed by atoms with Gasteiger partial charge in [0.05, 0.1) is 0 Å². The molecule has 1 aliphatic heterocycles. The molecule has 186 valence electrons. The highest BCUT2D eigenvalue weighted by Gasteiger charge is 2.50. The Morgan fingerprint density at radius 1 is 1.06 bits per heavy atom. The van der Waals surface area contributed by atoms with Crippen molar-refractivity contribution in [3.8, 4) is 0 Å². The number of likely N-dealkylation sites (tertiary alicyclic amines) is 1. The fourth-order valence-corrected chi connectivity index (χ4v) is 4.49. The van der Waals surface area contributed by atoms with E-state index in [-0.39, 0.29) is 28.2 Å². The third-order valence-electron chi connectivity index (χ3n) is 6.73. The van der Waals surface area contributed by atoms with E-state index in [9.17, 15) is 4.79 Å². The van der Waals surface area contributed by atoms with E-state index in [0.717, 1.165) is 18.4 Å². The summed E-state index contributed by atoms with van der Waals surface area (Å²) < 4.78 is 18.0. The molecule has 0 unspecified atom stereocenters. The van der Waals surface area contributed by atoms with E-state index >= 15 is 0 Å². The molecule has 0 spiro atoms. The molecule has 0 N–H and O–H groups in total. The summed E-state index contributed by atoms with van der Waals surface area (Å²) in [5.41, 5.74) is 1.85. The summed E-state index contributed by atoms with van der Waals surface area (Å²) in [6.45, 7) is 17.8. The Balaban J connectivity index is 1.82. The van der Waals surface area contributed by atoms with Crippen LogP contribution in [0.3, 0.4) is 0 Å². The van der Waals surface area contributed by atoms with E-state index in [1.165, 1.54) is 5.57 Å². The van der Waals surface area contributed by atoms with Gasteiger partial charge in [0.25, 0.3) is 0 Å². The zero-order valence-electron chi connectivity index (χ0n) is 22.0. The molecule has 1 aliphatic rings. The molecule has 0 atom stereocenters. The summed E-state index contributed by atoms with van der Waals surface area (Å²) in [6.07, 6.45) is 3.33. The lowest BCUT2D eigenvalue weighted by molar-refractivity contribution is 0.0202. The van der Waals surface area contributed by atoms with Crippen molar-refractivity contribution in [2.75, 3.05) is 13.1 Å². The summed E-state index contributed by atoms with van der Waals surface area (Å²) in [4.78, 5) is 13.4. The number of nitrogens with zero attached hydrogens (tertiary/aromatic N) is 3. The molecule has 0 saturated carbocycles. The molecule has 2 aromatic rings. The van der Waals surface area contributed by atoms with Gasteiger partial charge >= 0.3 is 12.1 Å². The molecular weight excluding hydrogens is 446 g/mol. The van der Waals surface area contributed by atoms with Gasteiger partial charge in [-0.1, -0.05) is 67.9 Å². The van der Waals surface area contributed by atoms with Gasteiger partial charge in [-0.2, -0.15) is 4.79 Å². The molecule has 2 heterocycles. The normalized spacial score (nSPS) is 19.7. The van der Waals surface area contributed by atoms with Crippen LogP contribution in [0.1, 0.15) is 65.8 Å². The number of quaternary nitrogens is 1. The largest absolute Gasteiger partial charge is 0.525 e. The molecule has 0 aliphatic carbocycles. The summed E-state index contributed by atoms with van der Waals surface area (Å²) >= 11 is 0. The molecule has 1 aromatic carbocycles. The lowest BCUT2D eigenvalue weighted by Crippen LogP contribution is -2.59. The van der Waals surface area contributed by atoms with Crippen molar-refractivity contribution in [3.63, 3.8) is 0 Å². The zero-order chi connectivity index (χ0) is 25.2. The molecular formula is C26H40N3O4Si+. The Hall–Kier alpha value is -2.29. The second kappa shape index (κ2) is 9.75. The minimum atomic E-state index is -1.97. The van der Waals surface area contributed by atoms with Gasteiger partial charge in [-0.25, -0.2) is 0 Å². The molecule has 7 nitrogen and oxygen atoms in total. The summed E-state index contributed by atoms with van der Waals surface area (Å²) in [5, 5.41) is 8.61. The number of hydrogen-bond donors (Lipinski definition) is 0. The Kier molecular flexibility index (Phi) is 7.55. The Bertz CT molecular complexity index is 1010. The van der Waals surface area contributed by atoms with E-state index < -0.39 is 13.9 Å². The van der Waals surface area contributed by atoms with E-state index in [2.05, 4.69) is 62.3 Å². The topological polar surface area (TPSA) is 74.5 Å². The monoisotopic (exact) mass is 486 g/mol. The molecule has 0 radical (unpaired) electrons. The molecule has 0 bridgehead atoms. The highest BCUT2D eigenvalue weighted by Crippen LogP contribution is 2.37. The van der Waals surface area contributed by atoms with Crippen molar-refractivity contribution in [1.29, 1.82) is 0 Å². The minimum Gasteiger partial charge on any atom is -0.414 e. The number of piperidine rings is 1. The molecule has 1 fully saturated rings. The number of ether oxygens (including phenoxy) is 1. The fraction of sp³-hybridized carbons (Fsp3) is 0.577. The van der Waals surface area contributed by atoms with Crippen LogP contribution in [0, 0.1) is 0 Å². The van der Waals surface area contributed by atoms with Crippen molar-refractivity contribution in [1.82, 2.24) is 14.7 Å². The second-order valence-corrected chi connectivity index (χ2v) is 16.4. The maximum absolute atomic E-state index is 13.4. The SMILES string of the molecule is CC(C)(C)OC(=O)[N+]1(c2nnc(CO[Si](C)(C)C(C)(C)C)o2)CCC(=Cc2ccccc2)CC1. The number of aromatic nitrogens is 2. The number of rotatable bonds is 5. The average Bonchev–Trinajstić information content (AvgIpc) is 3.21. The van der Waals surface area contributed by atoms with Gasteiger partial charge in [0.15, 0.2) is 8.32 Å². The quantitative estimate of drug-likeness (QED) is 0.345. The maximum Gasteiger partial charge on any atom is 0.525 e. The molecule has 1 amide bonds. The first-order valence-electron chi connectivity index (χ1n) is 12.0. The number of benzene rings is 1. The van der Waals surface area contributed by atoms with Crippen LogP contribution in [0.4, 0.5) is 10.8 Å². The summed E-state index contributed by atoms with van der Waals surface area (Å²) in [5.74, 6) is 0.395. The summed E-state index contributed by atoms with van der Waals surface area (Å²) in [6, 6.07) is 10.5. The van der Waals surface area contributed by atoms with Crippen molar-refractivity contribution in [2.24, 2.45) is 0 Å². The van der Waals surface area contributed by atoms with Gasteiger partial charge in [0, 0.05) is 12.8 Å². The van der Waals surface area contributed by atoms with E-state index in [1.807, 2.05) is 39.0 Å². The van der Waals surface area contributed by atoms with Gasteiger partial charge in [-0.15, -0.1) is 9.58 Å². The zero-order valence-corrected chi connectivity index (χ0v) is 23.0. The minimum absolute atomic E-state index is 0.0779. The number of amides is 1. The van der Waals surface area contributed by atoms with Gasteiger partial charge in [-0.3, -0.25) is 0 Å². The van der Waals surface area contributed by atoms with Crippen LogP contribution in [-0.2, 0) is 15.8 Å². The van der Waals surface area contributed by atoms with Crippen molar-refractivity contribution in [3.05, 3.63) is 47.4 Å². The van der Waals surface area contributed by atoms with Crippen LogP contribution < -0.4 is 4.48 Å². The van der Waals surface area contributed by atoms with Gasteiger partial charge in [-0.05, 0) is 44.5 Å². The highest BCUT2D eigenvalue weighted by atomic mass is 28.4. The molecule has 1 aromatic heterocycles. The van der Waals surface area contributed by atoms with Gasteiger partial charge < -0.3 is 13.6 Å². The predicted octanol–water partition coefficient (Wildman–Crippen LogP) is 6.71. The summed E-state index contributed by atoms with van der Waals surface area (Å²) in [7, 11) is -1.97. The molecule has 34 heavy (non-hydrogen) atoms. The molecule has 8 heteroatoms. The first kappa shape index (κ1) is 26.3. The second-order valence-electron chi connectivity index (χ2n) is 11.6. The average molecular weight is 487 g/mol. The first-order chi connectivity index (χ1) is 15.7. The first-order valence-corrected chi connectivity index (χ1v) is 14.9. The van der Waals surface area contributed by atoms with Crippen LogP contribution in [0.5, 0.6) is 0 Å². The van der Waals surface area contributed by atoms with Gasteiger partial charge in [0.1, 0.15) is 25.3 Å². The van der Waals surface area contributed by atoms with Crippen molar-refractivity contribution >= 4 is 26.5 Å². The number of carbonyl (C=O) groups excluding carboxylic acids is 1. The van der Waals surface area contributed by atoms with Crippen molar-refractivity contribution in [2.45, 2.75) is 84.7 Å². The van der Waals surface area contributed by atoms with Crippen molar-refractivity contribution < 1.29 is 18.4 Å². The Labute approximate surface area is 204 Å². The third-order valence-corrected chi connectivity index (χ3v) is 11.2. The van der Waals surface area contributed by atoms with Gasteiger partial charge in [0.2, 0.25) is 5.89 Å². The highest BCUT2D eigenvalue weighted by molar-refractivity contribution is 6.74. The van der Waals surface area contributed by atoms with E-state index in [1.54, 1.807) is 0 Å². The van der Waals surface area contributed by atoms with Crippen LogP contribution in [-0.4, -0.2) is 43.3 Å². The molecule has 1 saturated heterocycles. The Morgan fingerprint density at radius 3 is 2.24 bits per heavy atom. The lowest BCUT2D eigenvalue weighted by atomic mass is 9.99. The van der Waals surface area contributed by atoms with E-state index in [4.69, 9.17) is 13.6 Å².